The highest BCUT2D eigenvalue weighted by Crippen LogP contribution is 2.14. The predicted octanol–water partition coefficient (Wildman–Crippen LogP) is 2.99. The molecule has 3 rings (SSSR count). The van der Waals surface area contributed by atoms with Gasteiger partial charge in [-0.25, -0.2) is 0 Å². The van der Waals surface area contributed by atoms with E-state index in [4.69, 9.17) is 9.15 Å². The molecule has 0 aliphatic rings. The lowest BCUT2D eigenvalue weighted by Gasteiger charge is -2.05. The first-order valence-electron chi connectivity index (χ1n) is 7.13. The van der Waals surface area contributed by atoms with E-state index in [1.54, 1.807) is 23.6 Å². The summed E-state index contributed by atoms with van der Waals surface area (Å²) in [6.07, 6.45) is 0. The number of hydrogen-bond acceptors (Lipinski definition) is 5. The standard InChI is InChI=1S/C17H14N2O4S/c20-16(18-19-17(21)15-7-4-10-24-15)14-9-8-13(23-14)11-22-12-5-2-1-3-6-12/h1-10H,11H2,(H,18,20)(H,19,21). The number of carbonyl (C=O) groups is 2. The number of amides is 2. The van der Waals surface area contributed by atoms with E-state index in [1.807, 2.05) is 30.3 Å². The lowest BCUT2D eigenvalue weighted by molar-refractivity contribution is 0.0830. The zero-order chi connectivity index (χ0) is 16.8. The Bertz CT molecular complexity index is 812. The van der Waals surface area contributed by atoms with Crippen LogP contribution >= 0.6 is 11.3 Å². The molecule has 0 aliphatic carbocycles. The monoisotopic (exact) mass is 342 g/mol. The molecule has 0 fully saturated rings. The van der Waals surface area contributed by atoms with Gasteiger partial charge in [0.1, 0.15) is 18.1 Å². The summed E-state index contributed by atoms with van der Waals surface area (Å²) in [4.78, 5) is 24.2. The second-order valence-corrected chi connectivity index (χ2v) is 5.70. The number of nitrogens with one attached hydrogen (secondary N) is 2. The Balaban J connectivity index is 1.51. The summed E-state index contributed by atoms with van der Waals surface area (Å²) >= 11 is 1.28. The van der Waals surface area contributed by atoms with E-state index in [0.717, 1.165) is 0 Å². The second kappa shape index (κ2) is 7.47. The SMILES string of the molecule is O=C(NNC(=O)c1cccs1)c1ccc(COc2ccccc2)o1. The van der Waals surface area contributed by atoms with Gasteiger partial charge in [0.25, 0.3) is 5.91 Å². The molecule has 0 spiro atoms. The predicted molar refractivity (Wildman–Crippen MR) is 88.7 cm³/mol. The van der Waals surface area contributed by atoms with Crippen LogP contribution in [0.1, 0.15) is 26.0 Å². The zero-order valence-corrected chi connectivity index (χ0v) is 13.3. The minimum atomic E-state index is -0.536. The zero-order valence-electron chi connectivity index (χ0n) is 12.5. The van der Waals surface area contributed by atoms with E-state index < -0.39 is 5.91 Å². The Morgan fingerprint density at radius 1 is 0.958 bits per heavy atom. The molecule has 0 radical (unpaired) electrons. The molecule has 24 heavy (non-hydrogen) atoms. The molecule has 122 valence electrons. The Kier molecular flexibility index (Phi) is 4.93. The van der Waals surface area contributed by atoms with Gasteiger partial charge in [-0.15, -0.1) is 11.3 Å². The third-order valence-corrected chi connectivity index (χ3v) is 3.91. The summed E-state index contributed by atoms with van der Waals surface area (Å²) < 4.78 is 10.9. The van der Waals surface area contributed by atoms with Crippen molar-refractivity contribution in [3.05, 3.63) is 76.4 Å². The lowest BCUT2D eigenvalue weighted by Crippen LogP contribution is -2.41. The fourth-order valence-electron chi connectivity index (χ4n) is 1.89. The Morgan fingerprint density at radius 3 is 2.50 bits per heavy atom. The minimum Gasteiger partial charge on any atom is -0.486 e. The fraction of sp³-hybridized carbons (Fsp3) is 0.0588. The molecule has 0 atom stereocenters. The summed E-state index contributed by atoms with van der Waals surface area (Å²) in [6, 6.07) is 15.9. The molecule has 0 saturated carbocycles. The number of furan rings is 1. The summed E-state index contributed by atoms with van der Waals surface area (Å²) in [5, 5.41) is 1.78. The van der Waals surface area contributed by atoms with Crippen molar-refractivity contribution in [1.29, 1.82) is 0 Å². The summed E-state index contributed by atoms with van der Waals surface area (Å²) in [5.41, 5.74) is 4.64. The molecule has 3 aromatic rings. The first-order chi connectivity index (χ1) is 11.7. The summed E-state index contributed by atoms with van der Waals surface area (Å²) in [7, 11) is 0. The Labute approximate surface area is 142 Å². The van der Waals surface area contributed by atoms with E-state index in [0.29, 0.717) is 16.4 Å². The minimum absolute atomic E-state index is 0.0909. The number of benzene rings is 1. The average Bonchev–Trinajstić information content (AvgIpc) is 3.30. The molecule has 0 unspecified atom stereocenters. The summed E-state index contributed by atoms with van der Waals surface area (Å²) in [6.45, 7) is 0.207. The molecule has 7 heteroatoms. The van der Waals surface area contributed by atoms with Crippen molar-refractivity contribution in [1.82, 2.24) is 10.9 Å². The van der Waals surface area contributed by atoms with Crippen LogP contribution in [0.25, 0.3) is 0 Å². The lowest BCUT2D eigenvalue weighted by atomic mass is 10.3. The topological polar surface area (TPSA) is 80.6 Å². The number of rotatable bonds is 5. The molecular weight excluding hydrogens is 328 g/mol. The van der Waals surface area contributed by atoms with Crippen LogP contribution in [0.2, 0.25) is 0 Å². The number of hydrazine groups is 1. The first kappa shape index (κ1) is 15.8. The van der Waals surface area contributed by atoms with Crippen LogP contribution in [-0.2, 0) is 6.61 Å². The van der Waals surface area contributed by atoms with Crippen molar-refractivity contribution >= 4 is 23.2 Å². The molecule has 6 nitrogen and oxygen atoms in total. The van der Waals surface area contributed by atoms with Crippen LogP contribution in [0.3, 0.4) is 0 Å². The Hall–Kier alpha value is -3.06. The summed E-state index contributed by atoms with van der Waals surface area (Å²) in [5.74, 6) is 0.397. The molecule has 2 heterocycles. The van der Waals surface area contributed by atoms with Gasteiger partial charge in [-0.2, -0.15) is 0 Å². The van der Waals surface area contributed by atoms with Gasteiger partial charge >= 0.3 is 5.91 Å². The van der Waals surface area contributed by atoms with Gasteiger partial charge < -0.3 is 9.15 Å². The van der Waals surface area contributed by atoms with Gasteiger partial charge in [-0.05, 0) is 35.7 Å². The quantitative estimate of drug-likeness (QED) is 0.699. The van der Waals surface area contributed by atoms with Crippen molar-refractivity contribution in [2.75, 3.05) is 0 Å². The van der Waals surface area contributed by atoms with Crippen molar-refractivity contribution in [3.63, 3.8) is 0 Å². The van der Waals surface area contributed by atoms with Gasteiger partial charge in [-0.3, -0.25) is 20.4 Å². The van der Waals surface area contributed by atoms with E-state index in [-0.39, 0.29) is 18.3 Å². The van der Waals surface area contributed by atoms with Gasteiger partial charge in [0.05, 0.1) is 4.88 Å². The fourth-order valence-corrected chi connectivity index (χ4v) is 2.51. The molecule has 2 amide bonds. The molecule has 0 saturated heterocycles. The highest BCUT2D eigenvalue weighted by Gasteiger charge is 2.13. The van der Waals surface area contributed by atoms with Crippen LogP contribution in [0, 0.1) is 0 Å². The van der Waals surface area contributed by atoms with E-state index >= 15 is 0 Å². The molecule has 2 N–H and O–H groups in total. The highest BCUT2D eigenvalue weighted by molar-refractivity contribution is 7.12. The maximum atomic E-state index is 11.9. The Morgan fingerprint density at radius 2 is 1.75 bits per heavy atom. The van der Waals surface area contributed by atoms with Crippen molar-refractivity contribution in [2.24, 2.45) is 0 Å². The van der Waals surface area contributed by atoms with Gasteiger partial charge in [-0.1, -0.05) is 24.3 Å². The number of carbonyl (C=O) groups excluding carboxylic acids is 2. The largest absolute Gasteiger partial charge is 0.486 e. The van der Waals surface area contributed by atoms with Crippen LogP contribution < -0.4 is 15.6 Å². The van der Waals surface area contributed by atoms with Crippen LogP contribution in [0.5, 0.6) is 5.75 Å². The van der Waals surface area contributed by atoms with Crippen molar-refractivity contribution < 1.29 is 18.7 Å². The van der Waals surface area contributed by atoms with Crippen LogP contribution in [-0.4, -0.2) is 11.8 Å². The molecule has 0 bridgehead atoms. The highest BCUT2D eigenvalue weighted by atomic mass is 32.1. The first-order valence-corrected chi connectivity index (χ1v) is 8.01. The number of para-hydroxylation sites is 1. The van der Waals surface area contributed by atoms with Crippen LogP contribution in [0.4, 0.5) is 0 Å². The van der Waals surface area contributed by atoms with E-state index in [9.17, 15) is 9.59 Å². The maximum Gasteiger partial charge on any atom is 0.305 e. The smallest absolute Gasteiger partial charge is 0.305 e. The van der Waals surface area contributed by atoms with Crippen molar-refractivity contribution in [2.45, 2.75) is 6.61 Å². The average molecular weight is 342 g/mol. The van der Waals surface area contributed by atoms with Crippen molar-refractivity contribution in [3.8, 4) is 5.75 Å². The van der Waals surface area contributed by atoms with E-state index in [2.05, 4.69) is 10.9 Å². The number of thiophene rings is 1. The van der Waals surface area contributed by atoms with Crippen LogP contribution in [0.15, 0.2) is 64.4 Å². The molecular formula is C17H14N2O4S. The third kappa shape index (κ3) is 4.02. The second-order valence-electron chi connectivity index (χ2n) is 4.75. The number of ether oxygens (including phenoxy) is 1. The maximum absolute atomic E-state index is 11.9. The number of hydrogen-bond donors (Lipinski definition) is 2. The molecule has 2 aromatic heterocycles. The van der Waals surface area contributed by atoms with Gasteiger partial charge in [0.15, 0.2) is 5.76 Å². The normalized spacial score (nSPS) is 10.2. The van der Waals surface area contributed by atoms with Gasteiger partial charge in [0.2, 0.25) is 0 Å². The third-order valence-electron chi connectivity index (χ3n) is 3.04. The molecule has 0 aliphatic heterocycles. The molecule has 1 aromatic carbocycles. The van der Waals surface area contributed by atoms with E-state index in [1.165, 1.54) is 17.4 Å². The van der Waals surface area contributed by atoms with Gasteiger partial charge in [0, 0.05) is 0 Å².